The van der Waals surface area contributed by atoms with Crippen LogP contribution in [0.5, 0.6) is 5.75 Å². The van der Waals surface area contributed by atoms with Crippen LogP contribution in [-0.4, -0.2) is 59.8 Å². The number of methoxy groups -OCH3 is 1. The van der Waals surface area contributed by atoms with E-state index in [1.54, 1.807) is 24.3 Å². The van der Waals surface area contributed by atoms with E-state index in [4.69, 9.17) is 24.1 Å². The summed E-state index contributed by atoms with van der Waals surface area (Å²) >= 11 is 0. The minimum absolute atomic E-state index is 0.0479. The van der Waals surface area contributed by atoms with E-state index in [0.29, 0.717) is 17.2 Å². The molecule has 1 amide bonds. The average molecular weight is 416 g/mol. The minimum atomic E-state index is -1.16. The second-order valence-corrected chi connectivity index (χ2v) is 6.30. The fourth-order valence-electron chi connectivity index (χ4n) is 2.85. The third kappa shape index (κ3) is 4.61. The Morgan fingerprint density at radius 2 is 1.93 bits per heavy atom. The number of furan rings is 1. The van der Waals surface area contributed by atoms with Crippen LogP contribution in [0.1, 0.15) is 16.3 Å². The predicted molar refractivity (Wildman–Crippen MR) is 103 cm³/mol. The van der Waals surface area contributed by atoms with Crippen LogP contribution in [0.2, 0.25) is 0 Å². The molecule has 30 heavy (non-hydrogen) atoms. The molecule has 10 nitrogen and oxygen atoms in total. The molecule has 0 fully saturated rings. The first kappa shape index (κ1) is 20.9. The molecular formula is C20H20N2O8. The van der Waals surface area contributed by atoms with Gasteiger partial charge in [-0.05, 0) is 36.4 Å². The smallest absolute Gasteiger partial charge is 0.371 e. The molecular weight excluding hydrogens is 396 g/mol. The molecule has 0 unspecified atom stereocenters. The molecule has 1 aliphatic heterocycles. The van der Waals surface area contributed by atoms with E-state index in [-0.39, 0.29) is 43.3 Å². The van der Waals surface area contributed by atoms with Crippen molar-refractivity contribution < 1.29 is 38.5 Å². The number of benzene rings is 1. The summed E-state index contributed by atoms with van der Waals surface area (Å²) in [5, 5.41) is 20.9. The molecule has 2 heterocycles. The highest BCUT2D eigenvalue weighted by Gasteiger charge is 2.34. The molecule has 0 spiro atoms. The van der Waals surface area contributed by atoms with Crippen LogP contribution in [0.4, 0.5) is 5.69 Å². The molecule has 10 heteroatoms. The van der Waals surface area contributed by atoms with Gasteiger partial charge >= 0.3 is 11.9 Å². The van der Waals surface area contributed by atoms with Crippen molar-refractivity contribution in [3.05, 3.63) is 59.2 Å². The lowest BCUT2D eigenvalue weighted by Crippen LogP contribution is -2.31. The van der Waals surface area contributed by atoms with Crippen LogP contribution >= 0.6 is 0 Å². The third-order valence-corrected chi connectivity index (χ3v) is 4.33. The molecule has 1 aromatic heterocycles. The van der Waals surface area contributed by atoms with Crippen molar-refractivity contribution in [2.75, 3.05) is 32.1 Å². The molecule has 158 valence electrons. The van der Waals surface area contributed by atoms with E-state index in [0.717, 1.165) is 0 Å². The summed E-state index contributed by atoms with van der Waals surface area (Å²) in [6.45, 7) is -0.0137. The zero-order chi connectivity index (χ0) is 21.7. The van der Waals surface area contributed by atoms with Crippen LogP contribution in [0.15, 0.2) is 52.1 Å². The maximum atomic E-state index is 12.5. The highest BCUT2D eigenvalue weighted by molar-refractivity contribution is 6.08. The minimum Gasteiger partial charge on any atom is -0.486 e. The number of amides is 1. The van der Waals surface area contributed by atoms with Crippen molar-refractivity contribution in [1.29, 1.82) is 0 Å². The zero-order valence-corrected chi connectivity index (χ0v) is 16.1. The number of carboxylic acids is 1. The lowest BCUT2D eigenvalue weighted by Gasteiger charge is -2.15. The molecule has 2 aromatic rings. The molecule has 0 radical (unpaired) electrons. The van der Waals surface area contributed by atoms with Gasteiger partial charge in [0.25, 0.3) is 5.91 Å². The predicted octanol–water partition coefficient (Wildman–Crippen LogP) is 1.23. The van der Waals surface area contributed by atoms with Gasteiger partial charge in [0.2, 0.25) is 5.76 Å². The maximum Gasteiger partial charge on any atom is 0.371 e. The summed E-state index contributed by atoms with van der Waals surface area (Å²) in [6.07, 6.45) is 0. The summed E-state index contributed by atoms with van der Waals surface area (Å²) in [6, 6.07) is 9.47. The van der Waals surface area contributed by atoms with Gasteiger partial charge in [-0.25, -0.2) is 9.59 Å². The van der Waals surface area contributed by atoms with Gasteiger partial charge in [-0.3, -0.25) is 4.79 Å². The topological polar surface area (TPSA) is 139 Å². The fraction of sp³-hybridized carbons (Fsp3) is 0.250. The van der Waals surface area contributed by atoms with E-state index >= 15 is 0 Å². The Balaban J connectivity index is 1.66. The number of β-amino-alcohol motifs (C(OH)–C–C–N with tert-alkyl or cyclic N) is 1. The summed E-state index contributed by atoms with van der Waals surface area (Å²) < 4.78 is 15.4. The number of esters is 1. The van der Waals surface area contributed by atoms with Crippen molar-refractivity contribution in [1.82, 2.24) is 4.90 Å². The van der Waals surface area contributed by atoms with Crippen LogP contribution in [0, 0.1) is 0 Å². The van der Waals surface area contributed by atoms with Crippen LogP contribution in [-0.2, 0) is 20.9 Å². The van der Waals surface area contributed by atoms with E-state index in [2.05, 4.69) is 5.32 Å². The second kappa shape index (κ2) is 9.14. The first-order valence-corrected chi connectivity index (χ1v) is 8.96. The highest BCUT2D eigenvalue weighted by Crippen LogP contribution is 2.24. The number of nitrogens with one attached hydrogen (secondary N) is 1. The van der Waals surface area contributed by atoms with Gasteiger partial charge in [0.15, 0.2) is 0 Å². The first-order chi connectivity index (χ1) is 14.4. The van der Waals surface area contributed by atoms with Crippen molar-refractivity contribution in [3.63, 3.8) is 0 Å². The number of rotatable bonds is 9. The van der Waals surface area contributed by atoms with Gasteiger partial charge in [-0.1, -0.05) is 0 Å². The molecule has 1 aliphatic rings. The third-order valence-electron chi connectivity index (χ3n) is 4.33. The van der Waals surface area contributed by atoms with Gasteiger partial charge in [-0.2, -0.15) is 0 Å². The van der Waals surface area contributed by atoms with Gasteiger partial charge in [0, 0.05) is 12.2 Å². The number of carbonyl (C=O) groups is 3. The number of carboxylic acid groups (broad SMARTS) is 1. The van der Waals surface area contributed by atoms with E-state index in [9.17, 15) is 14.4 Å². The Kier molecular flexibility index (Phi) is 6.38. The molecule has 0 atom stereocenters. The quantitative estimate of drug-likeness (QED) is 0.515. The first-order valence-electron chi connectivity index (χ1n) is 8.96. The van der Waals surface area contributed by atoms with E-state index < -0.39 is 17.8 Å². The zero-order valence-electron chi connectivity index (χ0n) is 16.1. The summed E-state index contributed by atoms with van der Waals surface area (Å²) in [5.74, 6) is -1.49. The van der Waals surface area contributed by atoms with Gasteiger partial charge < -0.3 is 34.3 Å². The molecule has 3 N–H and O–H groups in total. The Hall–Kier alpha value is -3.79. The average Bonchev–Trinajstić information content (AvgIpc) is 3.34. The normalized spacial score (nSPS) is 13.5. The van der Waals surface area contributed by atoms with E-state index in [1.807, 2.05) is 0 Å². The van der Waals surface area contributed by atoms with E-state index in [1.165, 1.54) is 24.1 Å². The summed E-state index contributed by atoms with van der Waals surface area (Å²) in [4.78, 5) is 36.7. The fourth-order valence-corrected chi connectivity index (χ4v) is 2.85. The van der Waals surface area contributed by atoms with Crippen LogP contribution in [0.3, 0.4) is 0 Å². The molecule has 0 saturated carbocycles. The lowest BCUT2D eigenvalue weighted by molar-refractivity contribution is -0.136. The number of nitrogens with zero attached hydrogens (tertiary/aromatic N) is 1. The van der Waals surface area contributed by atoms with Crippen molar-refractivity contribution in [3.8, 4) is 5.75 Å². The monoisotopic (exact) mass is 416 g/mol. The molecule has 0 saturated heterocycles. The number of anilines is 1. The standard InChI is InChI=1S/C20H20N2O8/c1-28-20(27)15-10-22(8-9-23)18(24)17(15)21-12-2-4-13(5-3-12)29-11-14-6-7-16(30-14)19(25)26/h2-7,21,23H,8-11H2,1H3,(H,25,26). The maximum absolute atomic E-state index is 12.5. The number of ether oxygens (including phenoxy) is 2. The Labute approximate surface area is 171 Å². The van der Waals surface area contributed by atoms with Crippen molar-refractivity contribution in [2.45, 2.75) is 6.61 Å². The number of hydrogen-bond donors (Lipinski definition) is 3. The number of aliphatic hydroxyl groups excluding tert-OH is 1. The highest BCUT2D eigenvalue weighted by atomic mass is 16.5. The Morgan fingerprint density at radius 3 is 2.53 bits per heavy atom. The van der Waals surface area contributed by atoms with Gasteiger partial charge in [0.1, 0.15) is 23.8 Å². The van der Waals surface area contributed by atoms with Crippen molar-refractivity contribution >= 4 is 23.5 Å². The molecule has 0 bridgehead atoms. The lowest BCUT2D eigenvalue weighted by atomic mass is 10.2. The van der Waals surface area contributed by atoms with Crippen LogP contribution in [0.25, 0.3) is 0 Å². The summed E-state index contributed by atoms with van der Waals surface area (Å²) in [5.41, 5.74) is 0.827. The molecule has 3 rings (SSSR count). The largest absolute Gasteiger partial charge is 0.486 e. The van der Waals surface area contributed by atoms with Crippen molar-refractivity contribution in [2.24, 2.45) is 0 Å². The van der Waals surface area contributed by atoms with Gasteiger partial charge in [-0.15, -0.1) is 0 Å². The SMILES string of the molecule is COC(=O)C1=C(Nc2ccc(OCc3ccc(C(=O)O)o3)cc2)C(=O)N(CCO)C1. The second-order valence-electron chi connectivity index (χ2n) is 6.30. The molecule has 1 aromatic carbocycles. The van der Waals surface area contributed by atoms with Crippen LogP contribution < -0.4 is 10.1 Å². The number of hydrogen-bond acceptors (Lipinski definition) is 8. The Morgan fingerprint density at radius 1 is 1.20 bits per heavy atom. The van der Waals surface area contributed by atoms with Gasteiger partial charge in [0.05, 0.1) is 25.8 Å². The number of carbonyl (C=O) groups excluding carboxylic acids is 2. The number of aromatic carboxylic acids is 1. The Bertz CT molecular complexity index is 977. The molecule has 0 aliphatic carbocycles. The number of aliphatic hydroxyl groups is 1. The summed E-state index contributed by atoms with van der Waals surface area (Å²) in [7, 11) is 1.23.